The van der Waals surface area contributed by atoms with E-state index in [0.29, 0.717) is 11.7 Å². The van der Waals surface area contributed by atoms with Crippen molar-refractivity contribution in [3.63, 3.8) is 0 Å². The third-order valence-electron chi connectivity index (χ3n) is 4.56. The summed E-state index contributed by atoms with van der Waals surface area (Å²) in [5.74, 6) is 0.742. The summed E-state index contributed by atoms with van der Waals surface area (Å²) in [6, 6.07) is 6.40. The Balaban J connectivity index is 1.43. The van der Waals surface area contributed by atoms with Gasteiger partial charge in [0.15, 0.2) is 0 Å². The van der Waals surface area contributed by atoms with Crippen molar-refractivity contribution >= 4 is 22.7 Å². The van der Waals surface area contributed by atoms with Gasteiger partial charge in [0.05, 0.1) is 18.1 Å². The Kier molecular flexibility index (Phi) is 3.73. The second-order valence-corrected chi connectivity index (χ2v) is 6.03. The van der Waals surface area contributed by atoms with E-state index in [4.69, 9.17) is 10.4 Å². The zero-order chi connectivity index (χ0) is 16.5. The first-order valence-corrected chi connectivity index (χ1v) is 7.99. The fourth-order valence-corrected chi connectivity index (χ4v) is 3.07. The summed E-state index contributed by atoms with van der Waals surface area (Å²) in [4.78, 5) is 13.2. The van der Waals surface area contributed by atoms with E-state index in [2.05, 4.69) is 43.1 Å². The van der Waals surface area contributed by atoms with Gasteiger partial charge in [0, 0.05) is 32.2 Å². The lowest BCUT2D eigenvalue weighted by molar-refractivity contribution is 0.198. The molecule has 1 unspecified atom stereocenters. The number of anilines is 2. The van der Waals surface area contributed by atoms with Gasteiger partial charge in [0.25, 0.3) is 0 Å². The first-order chi connectivity index (χ1) is 11.7. The van der Waals surface area contributed by atoms with Gasteiger partial charge in [0.1, 0.15) is 11.0 Å². The topological polar surface area (TPSA) is 97.2 Å². The third-order valence-corrected chi connectivity index (χ3v) is 4.56. The SMILES string of the molecule is CC(c1ccc2nonc2c1)N1CCN(c2ncc(N)cn2)CC1. The number of aromatic nitrogens is 4. The van der Waals surface area contributed by atoms with E-state index in [1.54, 1.807) is 12.4 Å². The minimum atomic E-state index is 0.306. The lowest BCUT2D eigenvalue weighted by Crippen LogP contribution is -2.47. The molecule has 4 rings (SSSR count). The van der Waals surface area contributed by atoms with Crippen LogP contribution in [0.5, 0.6) is 0 Å². The van der Waals surface area contributed by atoms with Gasteiger partial charge < -0.3 is 10.6 Å². The average molecular weight is 325 g/mol. The molecule has 2 N–H and O–H groups in total. The average Bonchev–Trinajstić information content (AvgIpc) is 3.09. The summed E-state index contributed by atoms with van der Waals surface area (Å²) in [6.45, 7) is 5.89. The van der Waals surface area contributed by atoms with Gasteiger partial charge >= 0.3 is 0 Å². The van der Waals surface area contributed by atoms with E-state index < -0.39 is 0 Å². The largest absolute Gasteiger partial charge is 0.396 e. The maximum atomic E-state index is 5.65. The van der Waals surface area contributed by atoms with E-state index in [1.165, 1.54) is 5.56 Å². The van der Waals surface area contributed by atoms with Crippen LogP contribution in [-0.4, -0.2) is 51.4 Å². The number of piperazine rings is 1. The van der Waals surface area contributed by atoms with Gasteiger partial charge in [-0.1, -0.05) is 6.07 Å². The minimum absolute atomic E-state index is 0.306. The molecule has 124 valence electrons. The number of hydrogen-bond donors (Lipinski definition) is 1. The zero-order valence-electron chi connectivity index (χ0n) is 13.5. The molecule has 3 heterocycles. The van der Waals surface area contributed by atoms with Crippen molar-refractivity contribution in [2.75, 3.05) is 36.8 Å². The number of fused-ring (bicyclic) bond motifs is 1. The summed E-state index contributed by atoms with van der Waals surface area (Å²) in [7, 11) is 0. The highest BCUT2D eigenvalue weighted by Gasteiger charge is 2.23. The van der Waals surface area contributed by atoms with Crippen molar-refractivity contribution in [1.29, 1.82) is 0 Å². The van der Waals surface area contributed by atoms with E-state index >= 15 is 0 Å². The van der Waals surface area contributed by atoms with Crippen molar-refractivity contribution < 1.29 is 4.63 Å². The molecule has 0 saturated carbocycles. The van der Waals surface area contributed by atoms with Gasteiger partial charge in [-0.2, -0.15) is 0 Å². The van der Waals surface area contributed by atoms with E-state index in [0.717, 1.165) is 43.2 Å². The fraction of sp³-hybridized carbons (Fsp3) is 0.375. The number of nitrogens with two attached hydrogens (primary N) is 1. The molecular formula is C16H19N7O. The lowest BCUT2D eigenvalue weighted by Gasteiger charge is -2.38. The van der Waals surface area contributed by atoms with Crippen molar-refractivity contribution in [3.8, 4) is 0 Å². The van der Waals surface area contributed by atoms with Crippen molar-refractivity contribution in [1.82, 2.24) is 25.2 Å². The van der Waals surface area contributed by atoms with Crippen LogP contribution in [0.4, 0.5) is 11.6 Å². The Hall–Kier alpha value is -2.74. The molecule has 0 bridgehead atoms. The molecule has 1 fully saturated rings. The Morgan fingerprint density at radius 3 is 2.50 bits per heavy atom. The van der Waals surface area contributed by atoms with E-state index in [-0.39, 0.29) is 0 Å². The smallest absolute Gasteiger partial charge is 0.225 e. The highest BCUT2D eigenvalue weighted by molar-refractivity contribution is 5.73. The van der Waals surface area contributed by atoms with Gasteiger partial charge in [-0.25, -0.2) is 14.6 Å². The highest BCUT2D eigenvalue weighted by atomic mass is 16.6. The van der Waals surface area contributed by atoms with Crippen LogP contribution in [0.25, 0.3) is 11.0 Å². The van der Waals surface area contributed by atoms with E-state index in [9.17, 15) is 0 Å². The number of rotatable bonds is 3. The molecule has 1 aliphatic rings. The number of nitrogen functional groups attached to an aromatic ring is 1. The van der Waals surface area contributed by atoms with Crippen LogP contribution in [-0.2, 0) is 0 Å². The molecule has 24 heavy (non-hydrogen) atoms. The third kappa shape index (κ3) is 2.76. The van der Waals surface area contributed by atoms with Crippen molar-refractivity contribution in [2.45, 2.75) is 13.0 Å². The number of nitrogens with zero attached hydrogens (tertiary/aromatic N) is 6. The van der Waals surface area contributed by atoms with Gasteiger partial charge in [0.2, 0.25) is 5.95 Å². The molecule has 1 aliphatic heterocycles. The van der Waals surface area contributed by atoms with Crippen LogP contribution in [0.1, 0.15) is 18.5 Å². The predicted octanol–water partition coefficient (Wildman–Crippen LogP) is 1.48. The normalized spacial score (nSPS) is 17.3. The summed E-state index contributed by atoms with van der Waals surface area (Å²) in [6.07, 6.45) is 3.30. The number of hydrogen-bond acceptors (Lipinski definition) is 8. The summed E-state index contributed by atoms with van der Waals surface area (Å²) >= 11 is 0. The maximum absolute atomic E-state index is 5.65. The monoisotopic (exact) mass is 325 g/mol. The second-order valence-electron chi connectivity index (χ2n) is 6.03. The Labute approximate surface area is 139 Å². The molecule has 8 nitrogen and oxygen atoms in total. The van der Waals surface area contributed by atoms with Crippen LogP contribution in [0.3, 0.4) is 0 Å². The standard InChI is InChI=1S/C16H19N7O/c1-11(12-2-3-14-15(8-12)21-24-20-14)22-4-6-23(7-5-22)16-18-9-13(17)10-19-16/h2-3,8-11H,4-7,17H2,1H3. The van der Waals surface area contributed by atoms with Crippen LogP contribution in [0, 0.1) is 0 Å². The minimum Gasteiger partial charge on any atom is -0.396 e. The Morgan fingerprint density at radius 1 is 1.04 bits per heavy atom. The first-order valence-electron chi connectivity index (χ1n) is 7.99. The molecular weight excluding hydrogens is 306 g/mol. The quantitative estimate of drug-likeness (QED) is 0.773. The number of benzene rings is 1. The molecule has 1 saturated heterocycles. The van der Waals surface area contributed by atoms with Gasteiger partial charge in [-0.3, -0.25) is 4.90 Å². The molecule has 2 aromatic heterocycles. The molecule has 0 spiro atoms. The molecule has 1 aromatic carbocycles. The highest BCUT2D eigenvalue weighted by Crippen LogP contribution is 2.24. The Morgan fingerprint density at radius 2 is 1.75 bits per heavy atom. The van der Waals surface area contributed by atoms with Crippen LogP contribution in [0.15, 0.2) is 35.2 Å². The molecule has 0 aliphatic carbocycles. The first kappa shape index (κ1) is 14.8. The summed E-state index contributed by atoms with van der Waals surface area (Å²) in [5.41, 5.74) is 9.04. The van der Waals surface area contributed by atoms with Crippen molar-refractivity contribution in [3.05, 3.63) is 36.2 Å². The van der Waals surface area contributed by atoms with Crippen LogP contribution >= 0.6 is 0 Å². The predicted molar refractivity (Wildman–Crippen MR) is 90.4 cm³/mol. The molecule has 8 heteroatoms. The molecule has 0 radical (unpaired) electrons. The molecule has 0 amide bonds. The van der Waals surface area contributed by atoms with Crippen molar-refractivity contribution in [2.24, 2.45) is 0 Å². The summed E-state index contributed by atoms with van der Waals surface area (Å²) in [5, 5.41) is 7.78. The maximum Gasteiger partial charge on any atom is 0.225 e. The van der Waals surface area contributed by atoms with Gasteiger partial charge in [-0.05, 0) is 34.9 Å². The lowest BCUT2D eigenvalue weighted by atomic mass is 10.1. The summed E-state index contributed by atoms with van der Waals surface area (Å²) < 4.78 is 4.77. The van der Waals surface area contributed by atoms with Crippen LogP contribution < -0.4 is 10.6 Å². The molecule has 1 atom stereocenters. The van der Waals surface area contributed by atoms with Gasteiger partial charge in [-0.15, -0.1) is 0 Å². The van der Waals surface area contributed by atoms with Crippen LogP contribution in [0.2, 0.25) is 0 Å². The zero-order valence-corrected chi connectivity index (χ0v) is 13.5. The second kappa shape index (κ2) is 6.04. The fourth-order valence-electron chi connectivity index (χ4n) is 3.07. The molecule has 3 aromatic rings. The Bertz CT molecular complexity index is 824. The van der Waals surface area contributed by atoms with E-state index in [1.807, 2.05) is 12.1 Å².